The first-order valence-electron chi connectivity index (χ1n) is 11.1. The first-order valence-corrected chi connectivity index (χ1v) is 11.1. The van der Waals surface area contributed by atoms with Gasteiger partial charge in [-0.3, -0.25) is 4.79 Å². The van der Waals surface area contributed by atoms with Gasteiger partial charge in [0.2, 0.25) is 5.91 Å². The maximum absolute atomic E-state index is 12.6. The van der Waals surface area contributed by atoms with Crippen LogP contribution in [0.15, 0.2) is 54.6 Å². The Bertz CT molecular complexity index is 809. The lowest BCUT2D eigenvalue weighted by Crippen LogP contribution is -2.50. The quantitative estimate of drug-likeness (QED) is 0.387. The molecule has 168 valence electrons. The summed E-state index contributed by atoms with van der Waals surface area (Å²) >= 11 is 0. The van der Waals surface area contributed by atoms with Gasteiger partial charge in [0.05, 0.1) is 20.1 Å². The van der Waals surface area contributed by atoms with E-state index in [1.54, 1.807) is 0 Å². The van der Waals surface area contributed by atoms with Crippen LogP contribution in [0, 0.1) is 0 Å². The highest BCUT2D eigenvalue weighted by atomic mass is 16.6. The van der Waals surface area contributed by atoms with Gasteiger partial charge in [-0.05, 0) is 62.4 Å². The van der Waals surface area contributed by atoms with E-state index in [0.717, 1.165) is 36.9 Å². The third-order valence-corrected chi connectivity index (χ3v) is 5.57. The van der Waals surface area contributed by atoms with Crippen molar-refractivity contribution >= 4 is 17.7 Å². The molecule has 0 aliphatic carbocycles. The summed E-state index contributed by atoms with van der Waals surface area (Å²) in [5, 5.41) is 2.93. The molecule has 0 heterocycles. The van der Waals surface area contributed by atoms with Crippen LogP contribution in [-0.2, 0) is 22.6 Å². The topological polar surface area (TPSA) is 81.4 Å². The highest BCUT2D eigenvalue weighted by Gasteiger charge is 2.31. The lowest BCUT2D eigenvalue weighted by atomic mass is 10.1. The molecular weight excluding hydrogens is 390 g/mol. The molecule has 0 saturated carbocycles. The minimum Gasteiger partial charge on any atom is -0.415 e. The Hall–Kier alpha value is -2.70. The van der Waals surface area contributed by atoms with E-state index in [1.807, 2.05) is 68.6 Å². The molecule has 2 amide bonds. The van der Waals surface area contributed by atoms with Crippen LogP contribution >= 0.6 is 0 Å². The maximum Gasteiger partial charge on any atom is 0.516 e. The fraction of sp³-hybridized carbons (Fsp3) is 0.440. The number of nitrogens with two attached hydrogens (primary N) is 1. The number of quaternary nitrogens is 1. The summed E-state index contributed by atoms with van der Waals surface area (Å²) in [5.41, 5.74) is 8.51. The summed E-state index contributed by atoms with van der Waals surface area (Å²) < 4.78 is 5.78. The van der Waals surface area contributed by atoms with E-state index in [-0.39, 0.29) is 16.5 Å². The van der Waals surface area contributed by atoms with Crippen molar-refractivity contribution in [3.05, 3.63) is 65.7 Å². The van der Waals surface area contributed by atoms with Crippen molar-refractivity contribution in [2.45, 2.75) is 45.6 Å². The minimum atomic E-state index is -0.206. The third-order valence-electron chi connectivity index (χ3n) is 5.57. The number of hydrogen-bond acceptors (Lipinski definition) is 4. The zero-order chi connectivity index (χ0) is 22.5. The summed E-state index contributed by atoms with van der Waals surface area (Å²) in [6.07, 6.45) is 3.65. The predicted octanol–water partition coefficient (Wildman–Crippen LogP) is 4.49. The van der Waals surface area contributed by atoms with Crippen LogP contribution in [0.4, 0.5) is 10.5 Å². The molecule has 0 bridgehead atoms. The van der Waals surface area contributed by atoms with Crippen LogP contribution in [0.25, 0.3) is 0 Å². The molecule has 2 aromatic carbocycles. The normalized spacial score (nSPS) is 12.7. The molecule has 0 saturated heterocycles. The van der Waals surface area contributed by atoms with Crippen molar-refractivity contribution in [1.29, 1.82) is 0 Å². The second kappa shape index (κ2) is 12.9. The molecular formula is C25H36N3O3+. The number of benzene rings is 2. The monoisotopic (exact) mass is 426 g/mol. The van der Waals surface area contributed by atoms with Crippen molar-refractivity contribution in [3.8, 4) is 0 Å². The number of unbranched alkanes of at least 4 members (excludes halogenated alkanes) is 2. The molecule has 0 spiro atoms. The molecule has 6 heteroatoms. The number of hydrogen-bond donors (Lipinski definition) is 2. The molecule has 0 aromatic heterocycles. The van der Waals surface area contributed by atoms with Crippen molar-refractivity contribution < 1.29 is 18.8 Å². The summed E-state index contributed by atoms with van der Waals surface area (Å²) in [6.45, 7) is 4.28. The largest absolute Gasteiger partial charge is 0.516 e. The fourth-order valence-corrected chi connectivity index (χ4v) is 3.32. The molecule has 6 nitrogen and oxygen atoms in total. The average Bonchev–Trinajstić information content (AvgIpc) is 2.79. The maximum atomic E-state index is 12.6. The zero-order valence-corrected chi connectivity index (χ0v) is 18.8. The van der Waals surface area contributed by atoms with E-state index in [2.05, 4.69) is 5.32 Å². The first kappa shape index (κ1) is 24.6. The van der Waals surface area contributed by atoms with Crippen molar-refractivity contribution in [3.63, 3.8) is 0 Å². The van der Waals surface area contributed by atoms with Crippen LogP contribution in [0.3, 0.4) is 0 Å². The number of nitrogens with zero attached hydrogens (tertiary/aromatic N) is 1. The van der Waals surface area contributed by atoms with Gasteiger partial charge in [-0.1, -0.05) is 42.5 Å². The molecule has 2 aromatic rings. The zero-order valence-electron chi connectivity index (χ0n) is 18.8. The Balaban J connectivity index is 1.67. The van der Waals surface area contributed by atoms with E-state index in [0.29, 0.717) is 32.7 Å². The molecule has 2 rings (SSSR count). The van der Waals surface area contributed by atoms with Gasteiger partial charge in [0.1, 0.15) is 6.61 Å². The minimum absolute atomic E-state index is 0.0154. The van der Waals surface area contributed by atoms with Crippen molar-refractivity contribution in [2.75, 3.05) is 32.0 Å². The fourth-order valence-electron chi connectivity index (χ4n) is 3.32. The Morgan fingerprint density at radius 3 is 2.32 bits per heavy atom. The second-order valence-corrected chi connectivity index (χ2v) is 8.07. The van der Waals surface area contributed by atoms with Crippen LogP contribution in [0.5, 0.6) is 0 Å². The van der Waals surface area contributed by atoms with Gasteiger partial charge in [0.15, 0.2) is 0 Å². The van der Waals surface area contributed by atoms with E-state index >= 15 is 0 Å². The summed E-state index contributed by atoms with van der Waals surface area (Å²) in [7, 11) is 1.91. The highest BCUT2D eigenvalue weighted by molar-refractivity contribution is 5.90. The summed E-state index contributed by atoms with van der Waals surface area (Å²) in [5.74, 6) is 0.0154. The second-order valence-electron chi connectivity index (χ2n) is 8.07. The molecule has 0 aliphatic rings. The van der Waals surface area contributed by atoms with E-state index in [9.17, 15) is 9.59 Å². The average molecular weight is 427 g/mol. The van der Waals surface area contributed by atoms with Crippen molar-refractivity contribution in [2.24, 2.45) is 5.73 Å². The highest BCUT2D eigenvalue weighted by Crippen LogP contribution is 2.14. The van der Waals surface area contributed by atoms with E-state index in [1.165, 1.54) is 5.56 Å². The molecule has 0 aliphatic heterocycles. The standard InChI is InChI=1S/C25H35N3O3/c1-3-28(2,25(30)31-20-22-10-6-4-7-11-22)19-9-5-8-12-24(29)27-23-15-13-21(14-16-23)17-18-26/h4,6-7,10-11,13-16H,3,5,8-9,12,17-20,26H2,1-2H3/p+1. The van der Waals surface area contributed by atoms with Crippen molar-refractivity contribution in [1.82, 2.24) is 0 Å². The van der Waals surface area contributed by atoms with Gasteiger partial charge < -0.3 is 15.8 Å². The smallest absolute Gasteiger partial charge is 0.415 e. The van der Waals surface area contributed by atoms with Gasteiger partial charge in [-0.2, -0.15) is 4.79 Å². The van der Waals surface area contributed by atoms with Gasteiger partial charge >= 0.3 is 6.09 Å². The Labute approximate surface area is 186 Å². The number of anilines is 1. The van der Waals surface area contributed by atoms with Crippen LogP contribution in [0.1, 0.15) is 43.7 Å². The third kappa shape index (κ3) is 8.52. The number of carbonyl (C=O) groups excluding carboxylic acids is 2. The molecule has 1 atom stereocenters. The van der Waals surface area contributed by atoms with Crippen LogP contribution in [0.2, 0.25) is 0 Å². The summed E-state index contributed by atoms with van der Waals surface area (Å²) in [6, 6.07) is 17.5. The summed E-state index contributed by atoms with van der Waals surface area (Å²) in [4.78, 5) is 24.7. The number of rotatable bonds is 12. The van der Waals surface area contributed by atoms with Gasteiger partial charge in [0, 0.05) is 12.1 Å². The van der Waals surface area contributed by atoms with Crippen LogP contribution < -0.4 is 11.1 Å². The van der Waals surface area contributed by atoms with E-state index < -0.39 is 0 Å². The molecule has 1 unspecified atom stereocenters. The number of carbonyl (C=O) groups is 2. The lowest BCUT2D eigenvalue weighted by molar-refractivity contribution is -0.836. The van der Waals surface area contributed by atoms with Gasteiger partial charge in [0.25, 0.3) is 0 Å². The molecule has 31 heavy (non-hydrogen) atoms. The number of nitrogens with one attached hydrogen (secondary N) is 1. The molecule has 0 fully saturated rings. The number of amides is 2. The van der Waals surface area contributed by atoms with E-state index in [4.69, 9.17) is 10.5 Å². The predicted molar refractivity (Wildman–Crippen MR) is 125 cm³/mol. The van der Waals surface area contributed by atoms with Crippen LogP contribution in [-0.4, -0.2) is 43.2 Å². The van der Waals surface area contributed by atoms with Gasteiger partial charge in [-0.25, -0.2) is 4.48 Å². The first-order chi connectivity index (χ1) is 15.0. The molecule has 3 N–H and O–H groups in total. The Morgan fingerprint density at radius 2 is 1.68 bits per heavy atom. The lowest BCUT2D eigenvalue weighted by Gasteiger charge is -2.28. The Morgan fingerprint density at radius 1 is 0.968 bits per heavy atom. The SMILES string of the molecule is CC[N+](C)(CCCCCC(=O)Nc1ccc(CCN)cc1)C(=O)OCc1ccccc1. The number of ether oxygens (including phenoxy) is 1. The molecule has 0 radical (unpaired) electrons. The van der Waals surface area contributed by atoms with Gasteiger partial charge in [-0.15, -0.1) is 0 Å². The Kier molecular flexibility index (Phi) is 10.2.